The van der Waals surface area contributed by atoms with E-state index in [0.717, 1.165) is 6.42 Å². The van der Waals surface area contributed by atoms with Gasteiger partial charge in [0.05, 0.1) is 25.9 Å². The van der Waals surface area contributed by atoms with Crippen LogP contribution in [0.4, 0.5) is 0 Å². The molecule has 4 heteroatoms. The van der Waals surface area contributed by atoms with Gasteiger partial charge < -0.3 is 9.47 Å². The Kier molecular flexibility index (Phi) is 3.49. The number of cyclic esters (lactones) is 1. The third-order valence-electron chi connectivity index (χ3n) is 1.67. The molecular formula is C8H15NO3. The van der Waals surface area contributed by atoms with Crippen LogP contribution < -0.4 is 0 Å². The highest BCUT2D eigenvalue weighted by Crippen LogP contribution is 2.11. The van der Waals surface area contributed by atoms with E-state index in [0.29, 0.717) is 19.8 Å². The molecule has 0 saturated carbocycles. The minimum atomic E-state index is -0.148. The molecule has 0 bridgehead atoms. The molecule has 4 nitrogen and oxygen atoms in total. The third-order valence-corrected chi connectivity index (χ3v) is 1.67. The van der Waals surface area contributed by atoms with Gasteiger partial charge in [-0.2, -0.15) is 0 Å². The molecule has 0 aromatic carbocycles. The SMILES string of the molecule is CN(C)COC1CCOC(=O)C1. The van der Waals surface area contributed by atoms with Gasteiger partial charge in [0.2, 0.25) is 0 Å². The van der Waals surface area contributed by atoms with Crippen LogP contribution in [0.2, 0.25) is 0 Å². The predicted octanol–water partition coefficient (Wildman–Crippen LogP) is 0.228. The van der Waals surface area contributed by atoms with E-state index in [4.69, 9.17) is 9.47 Å². The van der Waals surface area contributed by atoms with Crippen LogP contribution in [0.3, 0.4) is 0 Å². The number of esters is 1. The van der Waals surface area contributed by atoms with Crippen molar-refractivity contribution >= 4 is 5.97 Å². The first-order valence-corrected chi connectivity index (χ1v) is 4.10. The van der Waals surface area contributed by atoms with Crippen LogP contribution in [0, 0.1) is 0 Å². The zero-order valence-corrected chi connectivity index (χ0v) is 7.58. The zero-order chi connectivity index (χ0) is 8.97. The second kappa shape index (κ2) is 4.42. The van der Waals surface area contributed by atoms with Crippen molar-refractivity contribution in [3.05, 3.63) is 0 Å². The Morgan fingerprint density at radius 1 is 1.67 bits per heavy atom. The molecule has 1 aliphatic heterocycles. The maximum atomic E-state index is 10.8. The van der Waals surface area contributed by atoms with Crippen LogP contribution >= 0.6 is 0 Å². The summed E-state index contributed by atoms with van der Waals surface area (Å²) in [6.07, 6.45) is 1.27. The summed E-state index contributed by atoms with van der Waals surface area (Å²) in [5, 5.41) is 0. The van der Waals surface area contributed by atoms with E-state index in [1.807, 2.05) is 19.0 Å². The molecule has 1 aliphatic rings. The van der Waals surface area contributed by atoms with Crippen LogP contribution in [-0.2, 0) is 14.3 Å². The van der Waals surface area contributed by atoms with Gasteiger partial charge in [0.25, 0.3) is 0 Å². The zero-order valence-electron chi connectivity index (χ0n) is 7.58. The fourth-order valence-electron chi connectivity index (χ4n) is 1.05. The Morgan fingerprint density at radius 2 is 2.42 bits per heavy atom. The van der Waals surface area contributed by atoms with E-state index in [1.165, 1.54) is 0 Å². The van der Waals surface area contributed by atoms with Crippen LogP contribution in [0.5, 0.6) is 0 Å². The first-order chi connectivity index (χ1) is 5.68. The Balaban J connectivity index is 2.18. The largest absolute Gasteiger partial charge is 0.465 e. The molecule has 0 spiro atoms. The molecule has 70 valence electrons. The van der Waals surface area contributed by atoms with Gasteiger partial charge in [-0.15, -0.1) is 0 Å². The van der Waals surface area contributed by atoms with E-state index in [2.05, 4.69) is 0 Å². The molecule has 1 fully saturated rings. The lowest BCUT2D eigenvalue weighted by atomic mass is 10.1. The summed E-state index contributed by atoms with van der Waals surface area (Å²) >= 11 is 0. The standard InChI is InChI=1S/C8H15NO3/c1-9(2)6-12-7-3-4-11-8(10)5-7/h7H,3-6H2,1-2H3. The molecule has 0 aromatic heterocycles. The summed E-state index contributed by atoms with van der Waals surface area (Å²) in [6.45, 7) is 1.06. The molecule has 0 radical (unpaired) electrons. The summed E-state index contributed by atoms with van der Waals surface area (Å²) in [4.78, 5) is 12.7. The molecule has 1 saturated heterocycles. The number of rotatable bonds is 3. The molecule has 0 aliphatic carbocycles. The summed E-state index contributed by atoms with van der Waals surface area (Å²) in [7, 11) is 3.86. The molecule has 1 atom stereocenters. The molecule has 0 N–H and O–H groups in total. The Bertz CT molecular complexity index is 158. The third kappa shape index (κ3) is 3.19. The summed E-state index contributed by atoms with van der Waals surface area (Å²) in [6, 6.07) is 0. The van der Waals surface area contributed by atoms with Crippen LogP contribution in [0.15, 0.2) is 0 Å². The molecular weight excluding hydrogens is 158 g/mol. The Morgan fingerprint density at radius 3 is 3.00 bits per heavy atom. The number of nitrogens with zero attached hydrogens (tertiary/aromatic N) is 1. The van der Waals surface area contributed by atoms with Gasteiger partial charge in [-0.3, -0.25) is 9.69 Å². The maximum absolute atomic E-state index is 10.8. The maximum Gasteiger partial charge on any atom is 0.308 e. The average Bonchev–Trinajstić information content (AvgIpc) is 2.01. The minimum absolute atomic E-state index is 0.0497. The van der Waals surface area contributed by atoms with Crippen molar-refractivity contribution in [3.8, 4) is 0 Å². The van der Waals surface area contributed by atoms with Crippen LogP contribution in [0.1, 0.15) is 12.8 Å². The van der Waals surface area contributed by atoms with E-state index >= 15 is 0 Å². The van der Waals surface area contributed by atoms with E-state index in [-0.39, 0.29) is 12.1 Å². The lowest BCUT2D eigenvalue weighted by Gasteiger charge is -2.23. The second-order valence-electron chi connectivity index (χ2n) is 3.21. The monoisotopic (exact) mass is 173 g/mol. The Hall–Kier alpha value is -0.610. The molecule has 1 unspecified atom stereocenters. The van der Waals surface area contributed by atoms with Crippen molar-refractivity contribution < 1.29 is 14.3 Å². The van der Waals surface area contributed by atoms with Crippen molar-refractivity contribution in [1.29, 1.82) is 0 Å². The van der Waals surface area contributed by atoms with Gasteiger partial charge in [0.1, 0.15) is 0 Å². The minimum Gasteiger partial charge on any atom is -0.465 e. The fraction of sp³-hybridized carbons (Fsp3) is 0.875. The number of carbonyl (C=O) groups excluding carboxylic acids is 1. The predicted molar refractivity (Wildman–Crippen MR) is 43.6 cm³/mol. The lowest BCUT2D eigenvalue weighted by Crippen LogP contribution is -2.30. The van der Waals surface area contributed by atoms with Crippen molar-refractivity contribution in [2.45, 2.75) is 18.9 Å². The number of ether oxygens (including phenoxy) is 2. The normalized spacial score (nSPS) is 24.2. The number of hydrogen-bond acceptors (Lipinski definition) is 4. The van der Waals surface area contributed by atoms with Crippen molar-refractivity contribution in [2.24, 2.45) is 0 Å². The fourth-order valence-corrected chi connectivity index (χ4v) is 1.05. The molecule has 1 rings (SSSR count). The summed E-state index contributed by atoms with van der Waals surface area (Å²) in [5.74, 6) is -0.148. The number of carbonyl (C=O) groups is 1. The summed E-state index contributed by atoms with van der Waals surface area (Å²) < 4.78 is 10.2. The van der Waals surface area contributed by atoms with E-state index in [9.17, 15) is 4.79 Å². The van der Waals surface area contributed by atoms with Gasteiger partial charge in [-0.1, -0.05) is 0 Å². The molecule has 1 heterocycles. The highest BCUT2D eigenvalue weighted by atomic mass is 16.5. The number of hydrogen-bond donors (Lipinski definition) is 0. The Labute approximate surface area is 72.4 Å². The van der Waals surface area contributed by atoms with Gasteiger partial charge in [-0.05, 0) is 14.1 Å². The quantitative estimate of drug-likeness (QED) is 0.452. The highest BCUT2D eigenvalue weighted by Gasteiger charge is 2.20. The average molecular weight is 173 g/mol. The lowest BCUT2D eigenvalue weighted by molar-refractivity contribution is -0.155. The smallest absolute Gasteiger partial charge is 0.308 e. The highest BCUT2D eigenvalue weighted by molar-refractivity contribution is 5.70. The molecule has 0 aromatic rings. The van der Waals surface area contributed by atoms with E-state index < -0.39 is 0 Å². The van der Waals surface area contributed by atoms with E-state index in [1.54, 1.807) is 0 Å². The topological polar surface area (TPSA) is 38.8 Å². The van der Waals surface area contributed by atoms with Gasteiger partial charge in [0.15, 0.2) is 0 Å². The van der Waals surface area contributed by atoms with Crippen LogP contribution in [0.25, 0.3) is 0 Å². The van der Waals surface area contributed by atoms with Gasteiger partial charge in [0, 0.05) is 6.42 Å². The van der Waals surface area contributed by atoms with Crippen molar-refractivity contribution in [2.75, 3.05) is 27.4 Å². The van der Waals surface area contributed by atoms with Crippen LogP contribution in [-0.4, -0.2) is 44.4 Å². The molecule has 0 amide bonds. The van der Waals surface area contributed by atoms with Gasteiger partial charge >= 0.3 is 5.97 Å². The second-order valence-corrected chi connectivity index (χ2v) is 3.21. The van der Waals surface area contributed by atoms with Gasteiger partial charge in [-0.25, -0.2) is 0 Å². The van der Waals surface area contributed by atoms with Crippen molar-refractivity contribution in [3.63, 3.8) is 0 Å². The summed E-state index contributed by atoms with van der Waals surface area (Å²) in [5.41, 5.74) is 0. The molecule has 12 heavy (non-hydrogen) atoms. The first kappa shape index (κ1) is 9.48. The van der Waals surface area contributed by atoms with Crippen molar-refractivity contribution in [1.82, 2.24) is 4.90 Å². The first-order valence-electron chi connectivity index (χ1n) is 4.10.